The van der Waals surface area contributed by atoms with Crippen molar-refractivity contribution in [2.24, 2.45) is 0 Å². The van der Waals surface area contributed by atoms with Crippen LogP contribution in [0.1, 0.15) is 17.3 Å². The van der Waals surface area contributed by atoms with Gasteiger partial charge in [-0.3, -0.25) is 4.79 Å². The average Bonchev–Trinajstić information content (AvgIpc) is 2.27. The van der Waals surface area contributed by atoms with Crippen LogP contribution < -0.4 is 0 Å². The molecule has 4 heteroatoms. The topological polar surface area (TPSA) is 35.5 Å². The van der Waals surface area contributed by atoms with E-state index < -0.39 is 0 Å². The zero-order valence-electron chi connectivity index (χ0n) is 9.40. The van der Waals surface area contributed by atoms with Crippen LogP contribution in [0.25, 0.3) is 0 Å². The van der Waals surface area contributed by atoms with Gasteiger partial charge in [0.2, 0.25) is 0 Å². The van der Waals surface area contributed by atoms with Crippen molar-refractivity contribution in [2.75, 3.05) is 20.3 Å². The predicted molar refractivity (Wildman–Crippen MR) is 58.0 cm³/mol. The van der Waals surface area contributed by atoms with E-state index in [0.717, 1.165) is 0 Å². The maximum Gasteiger partial charge on any atom is 0.188 e. The highest BCUT2D eigenvalue weighted by Crippen LogP contribution is 2.04. The first-order valence-corrected chi connectivity index (χ1v) is 5.02. The van der Waals surface area contributed by atoms with E-state index in [2.05, 4.69) is 0 Å². The fourth-order valence-electron chi connectivity index (χ4n) is 1.22. The number of hydrogen-bond acceptors (Lipinski definition) is 3. The molecular formula is C12H15FO3. The van der Waals surface area contributed by atoms with Crippen molar-refractivity contribution in [1.29, 1.82) is 0 Å². The third kappa shape index (κ3) is 4.08. The Morgan fingerprint density at radius 3 is 2.56 bits per heavy atom. The van der Waals surface area contributed by atoms with Gasteiger partial charge in [0.05, 0.1) is 12.7 Å². The Morgan fingerprint density at radius 1 is 1.38 bits per heavy atom. The largest absolute Gasteiger partial charge is 0.382 e. The van der Waals surface area contributed by atoms with E-state index in [1.807, 2.05) is 6.92 Å². The maximum absolute atomic E-state index is 12.6. The molecule has 0 N–H and O–H groups in total. The number of Topliss-reactive ketones (excluding diaryl/α,β-unsaturated/α-hetero) is 1. The third-order valence-corrected chi connectivity index (χ3v) is 2.07. The molecule has 1 rings (SSSR count). The molecular weight excluding hydrogens is 211 g/mol. The molecule has 16 heavy (non-hydrogen) atoms. The molecule has 0 aliphatic rings. The molecule has 88 valence electrons. The van der Waals surface area contributed by atoms with Crippen molar-refractivity contribution in [3.63, 3.8) is 0 Å². The quantitative estimate of drug-likeness (QED) is 0.696. The summed E-state index contributed by atoms with van der Waals surface area (Å²) < 4.78 is 22.7. The van der Waals surface area contributed by atoms with E-state index in [1.165, 1.54) is 24.3 Å². The predicted octanol–water partition coefficient (Wildman–Crippen LogP) is 2.06. The van der Waals surface area contributed by atoms with Crippen LogP contribution in [0.5, 0.6) is 0 Å². The van der Waals surface area contributed by atoms with Crippen molar-refractivity contribution < 1.29 is 18.7 Å². The van der Waals surface area contributed by atoms with E-state index in [4.69, 9.17) is 9.47 Å². The molecule has 1 aromatic rings. The first kappa shape index (κ1) is 12.8. The van der Waals surface area contributed by atoms with Crippen LogP contribution in [0.3, 0.4) is 0 Å². The monoisotopic (exact) mass is 226 g/mol. The number of benzene rings is 1. The summed E-state index contributed by atoms with van der Waals surface area (Å²) in [7, 11) is 1.57. The Bertz CT molecular complexity index is 335. The summed E-state index contributed by atoms with van der Waals surface area (Å²) in [6, 6.07) is 5.40. The molecule has 0 radical (unpaired) electrons. The molecule has 1 unspecified atom stereocenters. The zero-order chi connectivity index (χ0) is 12.0. The lowest BCUT2D eigenvalue weighted by Crippen LogP contribution is -2.19. The second-order valence-corrected chi connectivity index (χ2v) is 3.51. The van der Waals surface area contributed by atoms with Crippen molar-refractivity contribution in [3.05, 3.63) is 35.6 Å². The highest BCUT2D eigenvalue weighted by Gasteiger charge is 2.08. The SMILES string of the molecule is COCC(C)OCC(=O)c1ccc(F)cc1. The van der Waals surface area contributed by atoms with Gasteiger partial charge >= 0.3 is 0 Å². The minimum atomic E-state index is -0.356. The van der Waals surface area contributed by atoms with Crippen molar-refractivity contribution >= 4 is 5.78 Å². The molecule has 3 nitrogen and oxygen atoms in total. The van der Waals surface area contributed by atoms with Gasteiger partial charge in [-0.2, -0.15) is 0 Å². The number of halogens is 1. The van der Waals surface area contributed by atoms with Gasteiger partial charge in [-0.25, -0.2) is 4.39 Å². The van der Waals surface area contributed by atoms with Gasteiger partial charge < -0.3 is 9.47 Å². The van der Waals surface area contributed by atoms with Gasteiger partial charge in [0.1, 0.15) is 12.4 Å². The molecule has 0 saturated heterocycles. The molecule has 0 aliphatic carbocycles. The lowest BCUT2D eigenvalue weighted by molar-refractivity contribution is 0.0125. The second-order valence-electron chi connectivity index (χ2n) is 3.51. The van der Waals surface area contributed by atoms with Crippen LogP contribution in [0.2, 0.25) is 0 Å². The van der Waals surface area contributed by atoms with E-state index in [-0.39, 0.29) is 24.3 Å². The van der Waals surface area contributed by atoms with Gasteiger partial charge in [0.15, 0.2) is 5.78 Å². The maximum atomic E-state index is 12.6. The van der Waals surface area contributed by atoms with Gasteiger partial charge in [-0.05, 0) is 31.2 Å². The number of carbonyl (C=O) groups is 1. The Labute approximate surface area is 94.2 Å². The number of hydrogen-bond donors (Lipinski definition) is 0. The standard InChI is InChI=1S/C12H15FO3/c1-9(7-15-2)16-8-12(14)10-3-5-11(13)6-4-10/h3-6,9H,7-8H2,1-2H3. The van der Waals surface area contributed by atoms with Gasteiger partial charge in [0.25, 0.3) is 0 Å². The number of ether oxygens (including phenoxy) is 2. The Morgan fingerprint density at radius 2 is 2.00 bits per heavy atom. The minimum Gasteiger partial charge on any atom is -0.382 e. The van der Waals surface area contributed by atoms with Crippen molar-refractivity contribution in [1.82, 2.24) is 0 Å². The lowest BCUT2D eigenvalue weighted by atomic mass is 10.1. The molecule has 0 aliphatic heterocycles. The van der Waals surface area contributed by atoms with Crippen LogP contribution in [0.4, 0.5) is 4.39 Å². The first-order chi connectivity index (χ1) is 7.63. The van der Waals surface area contributed by atoms with Gasteiger partial charge in [-0.15, -0.1) is 0 Å². The van der Waals surface area contributed by atoms with E-state index in [0.29, 0.717) is 12.2 Å². The molecule has 0 saturated carbocycles. The molecule has 1 atom stereocenters. The van der Waals surface area contributed by atoms with Crippen LogP contribution >= 0.6 is 0 Å². The summed E-state index contributed by atoms with van der Waals surface area (Å²) in [4.78, 5) is 11.6. The lowest BCUT2D eigenvalue weighted by Gasteiger charge is -2.10. The summed E-state index contributed by atoms with van der Waals surface area (Å²) in [5, 5.41) is 0. The normalized spacial score (nSPS) is 12.4. The molecule has 0 fully saturated rings. The summed E-state index contributed by atoms with van der Waals surface area (Å²) in [6.45, 7) is 2.24. The summed E-state index contributed by atoms with van der Waals surface area (Å²) >= 11 is 0. The van der Waals surface area contributed by atoms with E-state index in [1.54, 1.807) is 7.11 Å². The third-order valence-electron chi connectivity index (χ3n) is 2.07. The number of ketones is 1. The van der Waals surface area contributed by atoms with Gasteiger partial charge in [0, 0.05) is 12.7 Å². The molecule has 0 amide bonds. The molecule has 0 heterocycles. The molecule has 1 aromatic carbocycles. The molecule has 0 aromatic heterocycles. The Balaban J connectivity index is 2.43. The van der Waals surface area contributed by atoms with Crippen LogP contribution in [0, 0.1) is 5.82 Å². The van der Waals surface area contributed by atoms with Crippen molar-refractivity contribution in [3.8, 4) is 0 Å². The van der Waals surface area contributed by atoms with Crippen molar-refractivity contribution in [2.45, 2.75) is 13.0 Å². The Kier molecular flexibility index (Phi) is 5.08. The highest BCUT2D eigenvalue weighted by atomic mass is 19.1. The Hall–Kier alpha value is -1.26. The molecule has 0 spiro atoms. The first-order valence-electron chi connectivity index (χ1n) is 5.02. The van der Waals surface area contributed by atoms with Gasteiger partial charge in [-0.1, -0.05) is 0 Å². The smallest absolute Gasteiger partial charge is 0.188 e. The fourth-order valence-corrected chi connectivity index (χ4v) is 1.22. The van der Waals surface area contributed by atoms with Crippen LogP contribution in [0.15, 0.2) is 24.3 Å². The van der Waals surface area contributed by atoms with Crippen LogP contribution in [-0.2, 0) is 9.47 Å². The van der Waals surface area contributed by atoms with E-state index in [9.17, 15) is 9.18 Å². The summed E-state index contributed by atoms with van der Waals surface area (Å²) in [5.74, 6) is -0.520. The highest BCUT2D eigenvalue weighted by molar-refractivity contribution is 5.97. The zero-order valence-corrected chi connectivity index (χ0v) is 9.40. The summed E-state index contributed by atoms with van der Waals surface area (Å²) in [5.41, 5.74) is 0.450. The second kappa shape index (κ2) is 6.35. The minimum absolute atomic E-state index is 0.0177. The summed E-state index contributed by atoms with van der Waals surface area (Å²) in [6.07, 6.45) is -0.130. The van der Waals surface area contributed by atoms with Crippen LogP contribution in [-0.4, -0.2) is 32.2 Å². The number of methoxy groups -OCH3 is 1. The number of carbonyl (C=O) groups excluding carboxylic acids is 1. The van der Waals surface area contributed by atoms with E-state index >= 15 is 0 Å². The fraction of sp³-hybridized carbons (Fsp3) is 0.417. The number of rotatable bonds is 6. The molecule has 0 bridgehead atoms. The average molecular weight is 226 g/mol.